The lowest BCUT2D eigenvalue weighted by atomic mass is 10.1. The monoisotopic (exact) mass is 242 g/mol. The van der Waals surface area contributed by atoms with E-state index in [0.717, 1.165) is 24.5 Å². The van der Waals surface area contributed by atoms with E-state index in [9.17, 15) is 5.11 Å². The molecule has 0 saturated carbocycles. The Bertz CT molecular complexity index is 265. The number of hydrogen-bond donors (Lipinski definition) is 3. The quantitative estimate of drug-likeness (QED) is 0.428. The van der Waals surface area contributed by atoms with Crippen LogP contribution in [0.3, 0.4) is 0 Å². The van der Waals surface area contributed by atoms with Crippen LogP contribution in [0.5, 0.6) is 0 Å². The van der Waals surface area contributed by atoms with Gasteiger partial charge in [-0.2, -0.15) is 0 Å². The summed E-state index contributed by atoms with van der Waals surface area (Å²) in [5, 5.41) is 12.3. The van der Waals surface area contributed by atoms with Crippen molar-refractivity contribution in [1.82, 2.24) is 10.2 Å². The van der Waals surface area contributed by atoms with Gasteiger partial charge in [0.1, 0.15) is 5.82 Å². The van der Waals surface area contributed by atoms with E-state index >= 15 is 0 Å². The highest BCUT2D eigenvalue weighted by Gasteiger charge is 2.21. The van der Waals surface area contributed by atoms with Gasteiger partial charge in [-0.3, -0.25) is 4.90 Å². The fourth-order valence-corrected chi connectivity index (χ4v) is 1.76. The Labute approximate surface area is 104 Å². The molecule has 0 heterocycles. The zero-order valence-corrected chi connectivity index (χ0v) is 11.4. The smallest absolute Gasteiger partial charge is 0.126 e. The van der Waals surface area contributed by atoms with Crippen molar-refractivity contribution >= 4 is 6.72 Å². The van der Waals surface area contributed by atoms with Gasteiger partial charge >= 0.3 is 0 Å². The summed E-state index contributed by atoms with van der Waals surface area (Å²) in [4.78, 5) is 5.98. The first-order chi connectivity index (χ1) is 8.03. The molecule has 0 aliphatic carbocycles. The summed E-state index contributed by atoms with van der Waals surface area (Å²) in [5.74, 6) is 0.726. The van der Waals surface area contributed by atoms with Crippen molar-refractivity contribution in [2.45, 2.75) is 39.9 Å². The maximum atomic E-state index is 9.20. The van der Waals surface area contributed by atoms with Crippen molar-refractivity contribution in [3.63, 3.8) is 0 Å². The maximum absolute atomic E-state index is 9.20. The number of rotatable bonds is 8. The topological polar surface area (TPSA) is 73.9 Å². The lowest BCUT2D eigenvalue weighted by Crippen LogP contribution is -2.49. The molecular formula is C12H26N4O. The highest BCUT2D eigenvalue weighted by atomic mass is 16.3. The molecule has 100 valence electrons. The summed E-state index contributed by atoms with van der Waals surface area (Å²) >= 11 is 0. The minimum absolute atomic E-state index is 0.0256. The second-order valence-electron chi connectivity index (χ2n) is 4.03. The molecule has 5 heteroatoms. The van der Waals surface area contributed by atoms with Crippen molar-refractivity contribution in [3.05, 3.63) is 11.4 Å². The molecule has 0 fully saturated rings. The van der Waals surface area contributed by atoms with E-state index in [2.05, 4.69) is 17.0 Å². The van der Waals surface area contributed by atoms with Crippen LogP contribution in [0.2, 0.25) is 0 Å². The van der Waals surface area contributed by atoms with Gasteiger partial charge in [0, 0.05) is 18.2 Å². The van der Waals surface area contributed by atoms with Gasteiger partial charge in [0.25, 0.3) is 0 Å². The van der Waals surface area contributed by atoms with Crippen molar-refractivity contribution in [2.24, 2.45) is 10.7 Å². The Balaban J connectivity index is 4.97. The molecule has 0 amide bonds. The lowest BCUT2D eigenvalue weighted by Gasteiger charge is -2.33. The third kappa shape index (κ3) is 4.46. The summed E-state index contributed by atoms with van der Waals surface area (Å²) in [6.07, 6.45) is -0.262. The fourth-order valence-electron chi connectivity index (χ4n) is 1.76. The molecule has 0 radical (unpaired) electrons. The molecule has 5 nitrogen and oxygen atoms in total. The van der Waals surface area contributed by atoms with Gasteiger partial charge < -0.3 is 16.2 Å². The predicted molar refractivity (Wildman–Crippen MR) is 72.8 cm³/mol. The molecule has 2 atom stereocenters. The molecule has 0 rings (SSSR count). The van der Waals surface area contributed by atoms with Crippen LogP contribution in [-0.4, -0.2) is 48.6 Å². The Morgan fingerprint density at radius 2 is 2.12 bits per heavy atom. The molecule has 4 N–H and O–H groups in total. The van der Waals surface area contributed by atoms with Gasteiger partial charge in [-0.15, -0.1) is 0 Å². The van der Waals surface area contributed by atoms with Crippen LogP contribution in [0.15, 0.2) is 16.4 Å². The average Bonchev–Trinajstić information content (AvgIpc) is 2.35. The summed E-state index contributed by atoms with van der Waals surface area (Å²) in [7, 11) is 0. The van der Waals surface area contributed by atoms with Gasteiger partial charge in [-0.1, -0.05) is 6.92 Å². The molecule has 0 aliphatic rings. The zero-order valence-electron chi connectivity index (χ0n) is 11.4. The van der Waals surface area contributed by atoms with Crippen molar-refractivity contribution in [3.8, 4) is 0 Å². The largest absolute Gasteiger partial charge is 0.395 e. The van der Waals surface area contributed by atoms with Gasteiger partial charge in [-0.05, 0) is 34.0 Å². The number of aliphatic hydroxyl groups excluding tert-OH is 1. The predicted octanol–water partition coefficient (Wildman–Crippen LogP) is 0.515. The molecule has 0 aromatic rings. The first-order valence-electron chi connectivity index (χ1n) is 6.06. The van der Waals surface area contributed by atoms with E-state index in [-0.39, 0.29) is 18.8 Å². The van der Waals surface area contributed by atoms with Crippen LogP contribution in [-0.2, 0) is 0 Å². The zero-order chi connectivity index (χ0) is 13.4. The molecular weight excluding hydrogens is 216 g/mol. The molecule has 17 heavy (non-hydrogen) atoms. The normalized spacial score (nSPS) is 16.4. The number of likely N-dealkylation sites (N-methyl/N-ethyl adjacent to an activating group) is 1. The van der Waals surface area contributed by atoms with Crippen LogP contribution in [0.4, 0.5) is 0 Å². The third-order valence-corrected chi connectivity index (χ3v) is 2.87. The Morgan fingerprint density at radius 1 is 1.53 bits per heavy atom. The molecule has 0 aliphatic heterocycles. The van der Waals surface area contributed by atoms with E-state index in [0.29, 0.717) is 0 Å². The van der Waals surface area contributed by atoms with Crippen LogP contribution in [0.25, 0.3) is 0 Å². The van der Waals surface area contributed by atoms with E-state index in [1.54, 1.807) is 0 Å². The maximum Gasteiger partial charge on any atom is 0.126 e. The standard InChI is InChI=1S/C12H26N4O/c1-6-15-12(14-5)10(4)11(13)16(7-2)9(3)8-17/h9,11,15,17H,5-8,13H2,1-4H3/b12-10+/t9-,11?/m1/s1. The molecule has 0 aromatic carbocycles. The highest BCUT2D eigenvalue weighted by Crippen LogP contribution is 2.12. The average molecular weight is 242 g/mol. The lowest BCUT2D eigenvalue weighted by molar-refractivity contribution is 0.113. The van der Waals surface area contributed by atoms with Gasteiger partial charge in [-0.25, -0.2) is 4.99 Å². The van der Waals surface area contributed by atoms with E-state index in [1.165, 1.54) is 0 Å². The number of aliphatic hydroxyl groups is 1. The summed E-state index contributed by atoms with van der Waals surface area (Å²) in [5.41, 5.74) is 7.12. The number of hydrogen-bond acceptors (Lipinski definition) is 5. The second-order valence-corrected chi connectivity index (χ2v) is 4.03. The summed E-state index contributed by atoms with van der Waals surface area (Å²) in [6, 6.07) is 0.0256. The van der Waals surface area contributed by atoms with Crippen LogP contribution in [0, 0.1) is 0 Å². The van der Waals surface area contributed by atoms with E-state index in [4.69, 9.17) is 5.73 Å². The van der Waals surface area contributed by atoms with Crippen molar-refractivity contribution in [1.29, 1.82) is 0 Å². The molecule has 0 bridgehead atoms. The highest BCUT2D eigenvalue weighted by molar-refractivity contribution is 5.31. The van der Waals surface area contributed by atoms with Gasteiger partial charge in [0.15, 0.2) is 0 Å². The molecule has 1 unspecified atom stereocenters. The SMILES string of the molecule is C=N/C(NCC)=C(/C)C(N)N(CC)[C@H](C)CO. The Hall–Kier alpha value is -0.910. The number of nitrogens with one attached hydrogen (secondary N) is 1. The first-order valence-corrected chi connectivity index (χ1v) is 6.06. The van der Waals surface area contributed by atoms with Crippen LogP contribution >= 0.6 is 0 Å². The van der Waals surface area contributed by atoms with Crippen molar-refractivity contribution < 1.29 is 5.11 Å². The Morgan fingerprint density at radius 3 is 2.47 bits per heavy atom. The van der Waals surface area contributed by atoms with Crippen LogP contribution in [0.1, 0.15) is 27.7 Å². The molecule has 0 saturated heterocycles. The van der Waals surface area contributed by atoms with E-state index < -0.39 is 0 Å². The van der Waals surface area contributed by atoms with Gasteiger partial charge in [0.2, 0.25) is 0 Å². The Kier molecular flexibility index (Phi) is 7.78. The first kappa shape index (κ1) is 16.1. The molecule has 0 aromatic heterocycles. The third-order valence-electron chi connectivity index (χ3n) is 2.87. The molecule has 0 spiro atoms. The second kappa shape index (κ2) is 8.22. The summed E-state index contributed by atoms with van der Waals surface area (Å²) < 4.78 is 0. The number of nitrogens with two attached hydrogens (primary N) is 1. The minimum atomic E-state index is -0.262. The minimum Gasteiger partial charge on any atom is -0.395 e. The number of aliphatic imine (C=N–C) groups is 1. The fraction of sp³-hybridized carbons (Fsp3) is 0.750. The van der Waals surface area contributed by atoms with Crippen molar-refractivity contribution in [2.75, 3.05) is 19.7 Å². The van der Waals surface area contributed by atoms with Gasteiger partial charge in [0.05, 0.1) is 12.8 Å². The summed E-state index contributed by atoms with van der Waals surface area (Å²) in [6.45, 7) is 13.1. The number of nitrogens with zero attached hydrogens (tertiary/aromatic N) is 2. The van der Waals surface area contributed by atoms with Crippen LogP contribution < -0.4 is 11.1 Å². The van der Waals surface area contributed by atoms with E-state index in [1.807, 2.05) is 32.6 Å².